The van der Waals surface area contributed by atoms with Crippen LogP contribution in [-0.2, 0) is 39.1 Å². The molecular formula is C48H46N6O8S2. The Morgan fingerprint density at radius 1 is 0.469 bits per heavy atom. The molecule has 0 saturated heterocycles. The Morgan fingerprint density at radius 2 is 0.812 bits per heavy atom. The maximum absolute atomic E-state index is 12.7. The van der Waals surface area contributed by atoms with Gasteiger partial charge < -0.3 is 30.4 Å². The molecule has 2 heterocycles. The number of amides is 2. The molecule has 2 aromatic heterocycles. The van der Waals surface area contributed by atoms with Crippen molar-refractivity contribution in [1.82, 2.24) is 0 Å². The highest BCUT2D eigenvalue weighted by Crippen LogP contribution is 2.20. The van der Waals surface area contributed by atoms with E-state index in [1.807, 2.05) is 135 Å². The minimum atomic E-state index is -4.27. The van der Waals surface area contributed by atoms with Crippen LogP contribution in [0.3, 0.4) is 0 Å². The molecule has 7 rings (SSSR count). The number of benzene rings is 5. The Labute approximate surface area is 373 Å². The van der Waals surface area contributed by atoms with Gasteiger partial charge in [0, 0.05) is 58.7 Å². The molecule has 0 aliphatic rings. The van der Waals surface area contributed by atoms with E-state index in [9.17, 15) is 35.5 Å². The molecule has 328 valence electrons. The Hall–Kier alpha value is -7.50. The first-order valence-electron chi connectivity index (χ1n) is 19.5. The highest BCUT2D eigenvalue weighted by atomic mass is 32.2. The number of nitrogens with one attached hydrogen (secondary N) is 4. The number of aryl methyl sites for hydroxylation is 4. The zero-order valence-corrected chi connectivity index (χ0v) is 36.9. The molecule has 0 radical (unpaired) electrons. The highest BCUT2D eigenvalue weighted by Gasteiger charge is 2.07. The number of rotatable bonds is 11. The number of aromatic nitrogens is 2. The van der Waals surface area contributed by atoms with E-state index >= 15 is 0 Å². The minimum Gasteiger partial charge on any atom is -0.744 e. The van der Waals surface area contributed by atoms with Crippen molar-refractivity contribution in [3.05, 3.63) is 199 Å². The smallest absolute Gasteiger partial charge is 0.255 e. The normalized spacial score (nSPS) is 11.0. The number of hydrogen-bond acceptors (Lipinski definition) is 10. The van der Waals surface area contributed by atoms with Gasteiger partial charge in [-0.3, -0.25) is 9.59 Å². The molecule has 14 nitrogen and oxygen atoms in total. The molecular weight excluding hydrogens is 853 g/mol. The number of pyridine rings is 2. The van der Waals surface area contributed by atoms with Crippen LogP contribution in [-0.4, -0.2) is 37.8 Å². The summed E-state index contributed by atoms with van der Waals surface area (Å²) < 4.78 is 66.3. The number of hydrogen-bond donors (Lipinski definition) is 4. The Bertz CT molecular complexity index is 2820. The zero-order valence-electron chi connectivity index (χ0n) is 35.3. The summed E-state index contributed by atoms with van der Waals surface area (Å²) in [6.07, 6.45) is 11.1. The molecule has 7 aromatic rings. The van der Waals surface area contributed by atoms with Crippen LogP contribution in [0.15, 0.2) is 186 Å². The first-order valence-corrected chi connectivity index (χ1v) is 22.3. The van der Waals surface area contributed by atoms with Gasteiger partial charge in [0.2, 0.25) is 5.91 Å². The lowest BCUT2D eigenvalue weighted by Crippen LogP contribution is -2.25. The van der Waals surface area contributed by atoms with Crippen LogP contribution in [0.5, 0.6) is 0 Å². The van der Waals surface area contributed by atoms with Crippen molar-refractivity contribution < 1.29 is 44.7 Å². The first kappa shape index (κ1) is 47.5. The second-order valence-corrected chi connectivity index (χ2v) is 17.1. The molecule has 0 aliphatic carbocycles. The standard InChI is InChI=1S/C34H30N6O2.2C7H8O3S/c1-39-21-17-31(18-22-39)35-27-8-12-29(13-9-27)37-33(41)16-5-25-3-6-26(7-4-25)34(42)38-30-14-10-28(11-15-30)36-32-19-23-40(2)24-20-32;2*1-6-2-4-7(5-3-6)11(8,9)10/h3-24H,1-2H3,(H2,37,38,41,42);2*2-5H,1H3,(H,8,9,10). The third-order valence-corrected chi connectivity index (χ3v) is 10.7. The molecule has 2 amide bonds. The largest absolute Gasteiger partial charge is 0.744 e. The van der Waals surface area contributed by atoms with Crippen molar-refractivity contribution in [1.29, 1.82) is 0 Å². The second kappa shape index (κ2) is 22.0. The Morgan fingerprint density at radius 3 is 1.19 bits per heavy atom. The zero-order chi connectivity index (χ0) is 46.3. The molecule has 0 atom stereocenters. The van der Waals surface area contributed by atoms with E-state index in [1.165, 1.54) is 30.3 Å². The lowest BCUT2D eigenvalue weighted by atomic mass is 10.1. The fourth-order valence-corrected chi connectivity index (χ4v) is 6.43. The summed E-state index contributed by atoms with van der Waals surface area (Å²) in [5, 5.41) is 12.4. The number of anilines is 6. The average Bonchev–Trinajstić information content (AvgIpc) is 3.26. The minimum absolute atomic E-state index is 0.178. The lowest BCUT2D eigenvalue weighted by Gasteiger charge is -2.09. The van der Waals surface area contributed by atoms with Gasteiger partial charge in [0.15, 0.2) is 24.8 Å². The van der Waals surface area contributed by atoms with E-state index in [-0.39, 0.29) is 21.6 Å². The van der Waals surface area contributed by atoms with Crippen LogP contribution in [0.2, 0.25) is 0 Å². The topological polar surface area (TPSA) is 204 Å². The quantitative estimate of drug-likeness (QED) is 0.0571. The molecule has 64 heavy (non-hydrogen) atoms. The molecule has 0 spiro atoms. The van der Waals surface area contributed by atoms with Gasteiger partial charge in [-0.05, 0) is 110 Å². The van der Waals surface area contributed by atoms with Gasteiger partial charge in [-0.15, -0.1) is 0 Å². The van der Waals surface area contributed by atoms with Crippen molar-refractivity contribution in [3.63, 3.8) is 0 Å². The summed E-state index contributed by atoms with van der Waals surface area (Å²) in [4.78, 5) is 24.8. The number of nitrogens with zero attached hydrogens (tertiary/aromatic N) is 2. The molecule has 0 unspecified atom stereocenters. The highest BCUT2D eigenvalue weighted by molar-refractivity contribution is 7.86. The van der Waals surface area contributed by atoms with Crippen LogP contribution >= 0.6 is 0 Å². The summed E-state index contributed by atoms with van der Waals surface area (Å²) in [6.45, 7) is 3.64. The van der Waals surface area contributed by atoms with Gasteiger partial charge in [0.1, 0.15) is 34.3 Å². The van der Waals surface area contributed by atoms with Crippen molar-refractivity contribution in [2.24, 2.45) is 14.1 Å². The van der Waals surface area contributed by atoms with E-state index < -0.39 is 20.2 Å². The average molecular weight is 899 g/mol. The van der Waals surface area contributed by atoms with Crippen LogP contribution in [0.25, 0.3) is 6.08 Å². The summed E-state index contributed by atoms with van der Waals surface area (Å²) in [5.41, 5.74) is 8.39. The maximum Gasteiger partial charge on any atom is 0.255 e. The van der Waals surface area contributed by atoms with E-state index in [4.69, 9.17) is 0 Å². The third kappa shape index (κ3) is 15.8. The molecule has 16 heteroatoms. The van der Waals surface area contributed by atoms with Crippen LogP contribution in [0.1, 0.15) is 27.0 Å². The Balaban J connectivity index is 0.000000284. The lowest BCUT2D eigenvalue weighted by molar-refractivity contribution is -0.671. The molecule has 0 aliphatic heterocycles. The van der Waals surface area contributed by atoms with Gasteiger partial charge in [0.25, 0.3) is 5.91 Å². The Kier molecular flexibility index (Phi) is 16.4. The van der Waals surface area contributed by atoms with E-state index in [0.29, 0.717) is 16.9 Å². The van der Waals surface area contributed by atoms with Crippen molar-refractivity contribution in [3.8, 4) is 0 Å². The molecule has 0 bridgehead atoms. The third-order valence-electron chi connectivity index (χ3n) is 9.05. The van der Waals surface area contributed by atoms with E-state index in [1.54, 1.807) is 54.6 Å². The fraction of sp³-hybridized carbons (Fsp3) is 0.0833. The number of carbonyl (C=O) groups excluding carboxylic acids is 2. The van der Waals surface area contributed by atoms with E-state index in [0.717, 1.165) is 39.4 Å². The van der Waals surface area contributed by atoms with Crippen LogP contribution in [0.4, 0.5) is 34.1 Å². The van der Waals surface area contributed by atoms with Crippen LogP contribution < -0.4 is 30.4 Å². The summed E-state index contributed by atoms with van der Waals surface area (Å²) in [6, 6.07) is 41.6. The monoisotopic (exact) mass is 898 g/mol. The predicted octanol–water partition coefficient (Wildman–Crippen LogP) is 7.53. The fourth-order valence-electron chi connectivity index (χ4n) is 5.49. The van der Waals surface area contributed by atoms with Crippen molar-refractivity contribution >= 4 is 72.3 Å². The SMILES string of the molecule is C[n+]1ccc(Nc2ccc(NC(=O)C=Cc3ccc(C(=O)Nc4ccc(Nc5cc[n+](C)cc5)cc4)cc3)cc2)cc1.Cc1ccc(S(=O)(=O)[O-])cc1.Cc1ccc(S(=O)(=O)[O-])cc1. The van der Waals surface area contributed by atoms with Crippen molar-refractivity contribution in [2.75, 3.05) is 21.3 Å². The summed E-state index contributed by atoms with van der Waals surface area (Å²) in [5.74, 6) is -0.453. The van der Waals surface area contributed by atoms with Crippen molar-refractivity contribution in [2.45, 2.75) is 23.6 Å². The van der Waals surface area contributed by atoms with Gasteiger partial charge in [0.05, 0.1) is 21.2 Å². The molecule has 0 saturated carbocycles. The maximum atomic E-state index is 12.7. The number of carbonyl (C=O) groups is 2. The van der Waals surface area contributed by atoms with Gasteiger partial charge >= 0.3 is 0 Å². The summed E-state index contributed by atoms with van der Waals surface area (Å²) >= 11 is 0. The molecule has 0 fully saturated rings. The van der Waals surface area contributed by atoms with Gasteiger partial charge in [-0.1, -0.05) is 47.5 Å². The van der Waals surface area contributed by atoms with Gasteiger partial charge in [-0.2, -0.15) is 0 Å². The summed E-state index contributed by atoms with van der Waals surface area (Å²) in [7, 11) is -4.60. The molecule has 4 N–H and O–H groups in total. The van der Waals surface area contributed by atoms with Crippen LogP contribution in [0, 0.1) is 13.8 Å². The predicted molar refractivity (Wildman–Crippen MR) is 245 cm³/mol. The molecule has 5 aromatic carbocycles. The first-order chi connectivity index (χ1) is 30.4. The second-order valence-electron chi connectivity index (χ2n) is 14.3. The van der Waals surface area contributed by atoms with E-state index in [2.05, 4.69) is 21.3 Å². The van der Waals surface area contributed by atoms with Gasteiger partial charge in [-0.25, -0.2) is 26.0 Å².